The van der Waals surface area contributed by atoms with Crippen LogP contribution in [0.4, 0.5) is 0 Å². The zero-order valence-electron chi connectivity index (χ0n) is 9.91. The molecule has 0 aromatic heterocycles. The summed E-state index contributed by atoms with van der Waals surface area (Å²) < 4.78 is 22.9. The van der Waals surface area contributed by atoms with Crippen molar-refractivity contribution in [1.82, 2.24) is 5.32 Å². The third-order valence-corrected chi connectivity index (χ3v) is 4.44. The average molecular weight is 355 g/mol. The van der Waals surface area contributed by atoms with Crippen LogP contribution >= 0.6 is 26.6 Å². The third-order valence-electron chi connectivity index (χ3n) is 2.13. The van der Waals surface area contributed by atoms with Gasteiger partial charge in [0.1, 0.15) is 0 Å². The molecule has 1 aromatic carbocycles. The minimum atomic E-state index is -3.88. The second-order valence-corrected chi connectivity index (χ2v) is 7.58. The Morgan fingerprint density at radius 1 is 1.44 bits per heavy atom. The summed E-state index contributed by atoms with van der Waals surface area (Å²) in [5.41, 5.74) is 0.262. The predicted molar refractivity (Wildman–Crippen MR) is 74.4 cm³/mol. The number of benzene rings is 1. The zero-order chi connectivity index (χ0) is 13.9. The fourth-order valence-electron chi connectivity index (χ4n) is 1.23. The Morgan fingerprint density at radius 2 is 2.06 bits per heavy atom. The van der Waals surface area contributed by atoms with E-state index in [1.165, 1.54) is 18.2 Å². The van der Waals surface area contributed by atoms with Gasteiger partial charge in [0.15, 0.2) is 0 Å². The first-order valence-electron chi connectivity index (χ1n) is 5.24. The van der Waals surface area contributed by atoms with E-state index < -0.39 is 9.05 Å². The zero-order valence-corrected chi connectivity index (χ0v) is 13.1. The van der Waals surface area contributed by atoms with E-state index in [1.54, 1.807) is 0 Å². The number of amides is 1. The molecule has 0 fully saturated rings. The first-order chi connectivity index (χ1) is 8.21. The van der Waals surface area contributed by atoms with Gasteiger partial charge in [0, 0.05) is 27.3 Å². The summed E-state index contributed by atoms with van der Waals surface area (Å²) in [5, 5.41) is 2.70. The smallest absolute Gasteiger partial charge is 0.262 e. The van der Waals surface area contributed by atoms with E-state index in [4.69, 9.17) is 10.7 Å². The van der Waals surface area contributed by atoms with Crippen molar-refractivity contribution in [2.24, 2.45) is 5.92 Å². The number of carbonyl (C=O) groups excluding carboxylic acids is 1. The molecule has 0 atom stereocenters. The van der Waals surface area contributed by atoms with Crippen LogP contribution in [0.5, 0.6) is 0 Å². The van der Waals surface area contributed by atoms with Gasteiger partial charge >= 0.3 is 0 Å². The Balaban J connectivity index is 3.02. The summed E-state index contributed by atoms with van der Waals surface area (Å²) in [6, 6.07) is 4.27. The lowest BCUT2D eigenvalue weighted by atomic mass is 10.2. The van der Waals surface area contributed by atoms with Gasteiger partial charge in [0.05, 0.1) is 4.90 Å². The summed E-state index contributed by atoms with van der Waals surface area (Å²) in [7, 11) is 1.40. The molecule has 1 aromatic rings. The molecule has 7 heteroatoms. The molecule has 100 valence electrons. The van der Waals surface area contributed by atoms with Crippen molar-refractivity contribution < 1.29 is 13.2 Å². The van der Waals surface area contributed by atoms with Crippen LogP contribution in [0.15, 0.2) is 27.6 Å². The number of hydrogen-bond donors (Lipinski definition) is 1. The monoisotopic (exact) mass is 353 g/mol. The Labute approximate surface area is 119 Å². The highest BCUT2D eigenvalue weighted by Crippen LogP contribution is 2.26. The number of halogens is 2. The van der Waals surface area contributed by atoms with E-state index in [0.717, 1.165) is 0 Å². The second kappa shape index (κ2) is 6.04. The van der Waals surface area contributed by atoms with Gasteiger partial charge in [0.2, 0.25) is 0 Å². The topological polar surface area (TPSA) is 63.2 Å². The van der Waals surface area contributed by atoms with Crippen molar-refractivity contribution >= 4 is 41.6 Å². The highest BCUT2D eigenvalue weighted by molar-refractivity contribution is 9.10. The molecule has 0 aliphatic carbocycles. The molecule has 0 heterocycles. The Hall–Kier alpha value is -0.590. The van der Waals surface area contributed by atoms with Crippen LogP contribution in [0.25, 0.3) is 0 Å². The largest absolute Gasteiger partial charge is 0.352 e. The van der Waals surface area contributed by atoms with E-state index in [-0.39, 0.29) is 16.4 Å². The van der Waals surface area contributed by atoms with Gasteiger partial charge < -0.3 is 5.32 Å². The minimum absolute atomic E-state index is 0.110. The quantitative estimate of drug-likeness (QED) is 0.846. The third kappa shape index (κ3) is 4.26. The van der Waals surface area contributed by atoms with E-state index >= 15 is 0 Å². The maximum Gasteiger partial charge on any atom is 0.262 e. The van der Waals surface area contributed by atoms with Gasteiger partial charge in [-0.2, -0.15) is 0 Å². The molecule has 0 aliphatic rings. The Morgan fingerprint density at radius 3 is 2.56 bits per heavy atom. The van der Waals surface area contributed by atoms with Crippen LogP contribution in [0.2, 0.25) is 0 Å². The lowest BCUT2D eigenvalue weighted by molar-refractivity contribution is 0.0949. The molecular weight excluding hydrogens is 342 g/mol. The summed E-state index contributed by atoms with van der Waals surface area (Å²) >= 11 is 3.08. The number of nitrogens with one attached hydrogen (secondary N) is 1. The lowest BCUT2D eigenvalue weighted by Gasteiger charge is -2.09. The highest BCUT2D eigenvalue weighted by atomic mass is 79.9. The second-order valence-electron chi connectivity index (χ2n) is 4.19. The minimum Gasteiger partial charge on any atom is -0.352 e. The SMILES string of the molecule is CC(C)CNC(=O)c1ccc(Br)c(S(=O)(=O)Cl)c1. The molecule has 0 saturated carbocycles. The van der Waals surface area contributed by atoms with Gasteiger partial charge in [-0.1, -0.05) is 13.8 Å². The fourth-order valence-corrected chi connectivity index (χ4v) is 3.35. The fraction of sp³-hybridized carbons (Fsp3) is 0.364. The molecule has 0 aliphatic heterocycles. The van der Waals surface area contributed by atoms with Crippen LogP contribution < -0.4 is 5.32 Å². The van der Waals surface area contributed by atoms with Gasteiger partial charge in [0.25, 0.3) is 15.0 Å². The number of carbonyl (C=O) groups is 1. The van der Waals surface area contributed by atoms with Crippen molar-refractivity contribution in [3.05, 3.63) is 28.2 Å². The van der Waals surface area contributed by atoms with Crippen molar-refractivity contribution in [2.75, 3.05) is 6.54 Å². The van der Waals surface area contributed by atoms with Crippen LogP contribution in [0, 0.1) is 5.92 Å². The van der Waals surface area contributed by atoms with E-state index in [0.29, 0.717) is 16.9 Å². The van der Waals surface area contributed by atoms with Crippen molar-refractivity contribution in [2.45, 2.75) is 18.7 Å². The summed E-state index contributed by atoms with van der Waals surface area (Å²) in [4.78, 5) is 11.7. The van der Waals surface area contributed by atoms with E-state index in [2.05, 4.69) is 21.2 Å². The summed E-state index contributed by atoms with van der Waals surface area (Å²) in [5.74, 6) is -0.00149. The van der Waals surface area contributed by atoms with E-state index in [9.17, 15) is 13.2 Å². The standard InChI is InChI=1S/C11H13BrClNO3S/c1-7(2)6-14-11(15)8-3-4-9(12)10(5-8)18(13,16)17/h3-5,7H,6H2,1-2H3,(H,14,15). The molecule has 18 heavy (non-hydrogen) atoms. The average Bonchev–Trinajstić information content (AvgIpc) is 2.24. The molecular formula is C11H13BrClNO3S. The molecule has 0 spiro atoms. The molecule has 0 bridgehead atoms. The van der Waals surface area contributed by atoms with Crippen molar-refractivity contribution in [1.29, 1.82) is 0 Å². The van der Waals surface area contributed by atoms with Gasteiger partial charge in [-0.05, 0) is 40.0 Å². The van der Waals surface area contributed by atoms with Gasteiger partial charge in [-0.25, -0.2) is 8.42 Å². The Kier molecular flexibility index (Phi) is 5.19. The molecule has 1 rings (SSSR count). The van der Waals surface area contributed by atoms with Crippen LogP contribution in [0.1, 0.15) is 24.2 Å². The van der Waals surface area contributed by atoms with Crippen LogP contribution in [0.3, 0.4) is 0 Å². The Bertz CT molecular complexity index is 557. The normalized spacial score (nSPS) is 11.6. The summed E-state index contributed by atoms with van der Waals surface area (Å²) in [6.07, 6.45) is 0. The van der Waals surface area contributed by atoms with E-state index in [1.807, 2.05) is 13.8 Å². The van der Waals surface area contributed by atoms with Gasteiger partial charge in [-0.3, -0.25) is 4.79 Å². The number of hydrogen-bond acceptors (Lipinski definition) is 3. The maximum atomic E-state index is 11.8. The first kappa shape index (κ1) is 15.5. The van der Waals surface area contributed by atoms with Gasteiger partial charge in [-0.15, -0.1) is 0 Å². The number of rotatable bonds is 4. The van der Waals surface area contributed by atoms with Crippen molar-refractivity contribution in [3.63, 3.8) is 0 Å². The molecule has 0 saturated heterocycles. The maximum absolute atomic E-state index is 11.8. The molecule has 0 unspecified atom stereocenters. The van der Waals surface area contributed by atoms with Crippen LogP contribution in [-0.2, 0) is 9.05 Å². The predicted octanol–water partition coefficient (Wildman–Crippen LogP) is 2.76. The van der Waals surface area contributed by atoms with Crippen LogP contribution in [-0.4, -0.2) is 20.9 Å². The molecule has 4 nitrogen and oxygen atoms in total. The lowest BCUT2D eigenvalue weighted by Crippen LogP contribution is -2.27. The molecule has 1 N–H and O–H groups in total. The summed E-state index contributed by atoms with van der Waals surface area (Å²) in [6.45, 7) is 4.46. The van der Waals surface area contributed by atoms with Crippen molar-refractivity contribution in [3.8, 4) is 0 Å². The molecule has 0 radical (unpaired) electrons. The first-order valence-corrected chi connectivity index (χ1v) is 8.34. The molecule has 1 amide bonds. The highest BCUT2D eigenvalue weighted by Gasteiger charge is 2.17.